The molecule has 7 heteroatoms. The van der Waals surface area contributed by atoms with Crippen LogP contribution in [0.4, 0.5) is 0 Å². The van der Waals surface area contributed by atoms with E-state index in [2.05, 4.69) is 34.9 Å². The Morgan fingerprint density at radius 3 is 2.77 bits per heavy atom. The molecule has 30 heavy (non-hydrogen) atoms. The molecule has 7 nitrogen and oxygen atoms in total. The predicted molar refractivity (Wildman–Crippen MR) is 116 cm³/mol. The van der Waals surface area contributed by atoms with Gasteiger partial charge in [-0.05, 0) is 48.1 Å². The Hall–Kier alpha value is -3.22. The van der Waals surface area contributed by atoms with Crippen LogP contribution in [0.25, 0.3) is 0 Å². The molecule has 0 radical (unpaired) electrons. The lowest BCUT2D eigenvalue weighted by atomic mass is 9.88. The monoisotopic (exact) mass is 408 g/mol. The van der Waals surface area contributed by atoms with Crippen LogP contribution in [0.5, 0.6) is 11.5 Å². The highest BCUT2D eigenvalue weighted by Gasteiger charge is 2.20. The van der Waals surface area contributed by atoms with E-state index >= 15 is 0 Å². The Balaban J connectivity index is 1.45. The summed E-state index contributed by atoms with van der Waals surface area (Å²) in [5.41, 5.74) is 3.82. The van der Waals surface area contributed by atoms with Crippen molar-refractivity contribution in [1.29, 1.82) is 0 Å². The van der Waals surface area contributed by atoms with Crippen LogP contribution in [0.1, 0.15) is 23.1 Å². The average Bonchev–Trinajstić information content (AvgIpc) is 3.23. The van der Waals surface area contributed by atoms with E-state index in [1.807, 2.05) is 18.2 Å². The molecule has 2 aromatic carbocycles. The quantitative estimate of drug-likeness (QED) is 0.585. The van der Waals surface area contributed by atoms with Crippen molar-refractivity contribution in [1.82, 2.24) is 15.5 Å². The zero-order valence-electron chi connectivity index (χ0n) is 17.5. The molecule has 1 aliphatic heterocycles. The molecule has 1 aliphatic carbocycles. The molecule has 1 heterocycles. The van der Waals surface area contributed by atoms with Crippen molar-refractivity contribution in [3.63, 3.8) is 0 Å². The molecule has 158 valence electrons. The molecule has 1 unspecified atom stereocenters. The number of likely N-dealkylation sites (N-methyl/N-ethyl adjacent to an activating group) is 1. The second-order valence-corrected chi connectivity index (χ2v) is 7.85. The van der Waals surface area contributed by atoms with Crippen molar-refractivity contribution in [3.05, 3.63) is 59.2 Å². The first-order chi connectivity index (χ1) is 14.6. The highest BCUT2D eigenvalue weighted by atomic mass is 16.7. The number of nitrogens with one attached hydrogen (secondary N) is 2. The number of nitrogens with zero attached hydrogens (tertiary/aromatic N) is 2. The maximum atomic E-state index is 12.1. The van der Waals surface area contributed by atoms with E-state index in [9.17, 15) is 4.79 Å². The number of hydrogen-bond acceptors (Lipinski definition) is 4. The molecule has 0 saturated carbocycles. The summed E-state index contributed by atoms with van der Waals surface area (Å²) in [4.78, 5) is 18.4. The standard InChI is InChI=1S/C23H28N4O3/c1-27(2)22(28)14-25-23(24-13-16-7-10-20-21(11-16)30-15-29-20)26-19-9-8-17-5-3-4-6-18(17)12-19/h3-7,10-11,19H,8-9,12-15H2,1-2H3,(H2,24,25,26). The van der Waals surface area contributed by atoms with Crippen molar-refractivity contribution in [3.8, 4) is 11.5 Å². The first-order valence-corrected chi connectivity index (χ1v) is 10.3. The van der Waals surface area contributed by atoms with E-state index in [-0.39, 0.29) is 25.3 Å². The van der Waals surface area contributed by atoms with E-state index in [0.717, 1.165) is 36.3 Å². The second-order valence-electron chi connectivity index (χ2n) is 7.85. The van der Waals surface area contributed by atoms with Crippen molar-refractivity contribution in [2.75, 3.05) is 27.4 Å². The number of amides is 1. The van der Waals surface area contributed by atoms with E-state index < -0.39 is 0 Å². The molecule has 1 amide bonds. The van der Waals surface area contributed by atoms with Crippen LogP contribution < -0.4 is 20.1 Å². The Kier molecular flexibility index (Phi) is 6.07. The maximum absolute atomic E-state index is 12.1. The number of carbonyl (C=O) groups is 1. The van der Waals surface area contributed by atoms with Crippen LogP contribution in [-0.2, 0) is 24.2 Å². The molecule has 2 aromatic rings. The first kappa shape index (κ1) is 20.1. The van der Waals surface area contributed by atoms with E-state index in [4.69, 9.17) is 14.5 Å². The summed E-state index contributed by atoms with van der Waals surface area (Å²) >= 11 is 0. The van der Waals surface area contributed by atoms with Crippen LogP contribution in [0.3, 0.4) is 0 Å². The fraction of sp³-hybridized carbons (Fsp3) is 0.391. The Morgan fingerprint density at radius 2 is 1.93 bits per heavy atom. The highest BCUT2D eigenvalue weighted by molar-refractivity contribution is 5.86. The molecule has 4 rings (SSSR count). The Labute approximate surface area is 177 Å². The van der Waals surface area contributed by atoms with Crippen LogP contribution in [0.15, 0.2) is 47.5 Å². The number of hydrogen-bond donors (Lipinski definition) is 2. The molecule has 2 aliphatic rings. The van der Waals surface area contributed by atoms with Gasteiger partial charge >= 0.3 is 0 Å². The summed E-state index contributed by atoms with van der Waals surface area (Å²) in [6.07, 6.45) is 3.02. The number of benzene rings is 2. The van der Waals surface area contributed by atoms with Gasteiger partial charge in [0.1, 0.15) is 0 Å². The zero-order chi connectivity index (χ0) is 20.9. The predicted octanol–water partition coefficient (Wildman–Crippen LogP) is 2.10. The smallest absolute Gasteiger partial charge is 0.241 e. The van der Waals surface area contributed by atoms with Gasteiger partial charge in [-0.25, -0.2) is 4.99 Å². The number of fused-ring (bicyclic) bond motifs is 2. The number of guanidine groups is 1. The molecule has 1 atom stereocenters. The number of carbonyl (C=O) groups excluding carboxylic acids is 1. The fourth-order valence-electron chi connectivity index (χ4n) is 3.69. The second kappa shape index (κ2) is 9.07. The zero-order valence-corrected chi connectivity index (χ0v) is 17.5. The molecule has 2 N–H and O–H groups in total. The summed E-state index contributed by atoms with van der Waals surface area (Å²) in [5, 5.41) is 6.71. The number of rotatable bonds is 5. The van der Waals surface area contributed by atoms with E-state index in [1.165, 1.54) is 11.1 Å². The van der Waals surface area contributed by atoms with Gasteiger partial charge < -0.3 is 25.0 Å². The number of aryl methyl sites for hydroxylation is 1. The molecule has 0 saturated heterocycles. The normalized spacial score (nSPS) is 17.3. The van der Waals surface area contributed by atoms with Gasteiger partial charge in [0.15, 0.2) is 17.5 Å². The minimum atomic E-state index is 0.00145. The van der Waals surface area contributed by atoms with Gasteiger partial charge in [0.05, 0.1) is 13.1 Å². The lowest BCUT2D eigenvalue weighted by Crippen LogP contribution is -2.48. The maximum Gasteiger partial charge on any atom is 0.241 e. The van der Waals surface area contributed by atoms with Gasteiger partial charge in [-0.15, -0.1) is 0 Å². The van der Waals surface area contributed by atoms with Crippen molar-refractivity contribution in [2.45, 2.75) is 31.8 Å². The summed E-state index contributed by atoms with van der Waals surface area (Å²) in [5.74, 6) is 2.15. The fourth-order valence-corrected chi connectivity index (χ4v) is 3.69. The van der Waals surface area contributed by atoms with E-state index in [0.29, 0.717) is 12.5 Å². The topological polar surface area (TPSA) is 75.2 Å². The van der Waals surface area contributed by atoms with Gasteiger partial charge in [-0.1, -0.05) is 30.3 Å². The Bertz CT molecular complexity index is 942. The molecular formula is C23H28N4O3. The third-order valence-corrected chi connectivity index (χ3v) is 5.45. The number of aliphatic imine (C=N–C) groups is 1. The van der Waals surface area contributed by atoms with Gasteiger partial charge in [0.25, 0.3) is 0 Å². The average molecular weight is 409 g/mol. The van der Waals surface area contributed by atoms with Crippen molar-refractivity contribution < 1.29 is 14.3 Å². The van der Waals surface area contributed by atoms with Gasteiger partial charge in [-0.3, -0.25) is 4.79 Å². The summed E-state index contributed by atoms with van der Waals surface area (Å²) in [6, 6.07) is 14.7. The van der Waals surface area contributed by atoms with Gasteiger partial charge in [0, 0.05) is 20.1 Å². The van der Waals surface area contributed by atoms with Crippen molar-refractivity contribution in [2.24, 2.45) is 4.99 Å². The van der Waals surface area contributed by atoms with Gasteiger partial charge in [-0.2, -0.15) is 0 Å². The summed E-state index contributed by atoms with van der Waals surface area (Å²) in [7, 11) is 3.50. The van der Waals surface area contributed by atoms with Crippen LogP contribution in [0.2, 0.25) is 0 Å². The van der Waals surface area contributed by atoms with Crippen LogP contribution in [0, 0.1) is 0 Å². The lowest BCUT2D eigenvalue weighted by Gasteiger charge is -2.27. The molecular weight excluding hydrogens is 380 g/mol. The highest BCUT2D eigenvalue weighted by Crippen LogP contribution is 2.32. The third-order valence-electron chi connectivity index (χ3n) is 5.45. The third kappa shape index (κ3) is 4.84. The minimum Gasteiger partial charge on any atom is -0.454 e. The first-order valence-electron chi connectivity index (χ1n) is 10.3. The lowest BCUT2D eigenvalue weighted by molar-refractivity contribution is -0.127. The number of ether oxygens (including phenoxy) is 2. The van der Waals surface area contributed by atoms with Crippen molar-refractivity contribution >= 4 is 11.9 Å². The van der Waals surface area contributed by atoms with E-state index in [1.54, 1.807) is 19.0 Å². The SMILES string of the molecule is CN(C)C(=O)CNC(=NCc1ccc2c(c1)OCO2)NC1CCc2ccccc2C1. The van der Waals surface area contributed by atoms with Gasteiger partial charge in [0.2, 0.25) is 12.7 Å². The van der Waals surface area contributed by atoms with Crippen LogP contribution >= 0.6 is 0 Å². The molecule has 0 bridgehead atoms. The summed E-state index contributed by atoms with van der Waals surface area (Å²) < 4.78 is 10.8. The molecule has 0 fully saturated rings. The molecule has 0 aromatic heterocycles. The summed E-state index contributed by atoms with van der Waals surface area (Å²) in [6.45, 7) is 0.931. The van der Waals surface area contributed by atoms with Crippen LogP contribution in [-0.4, -0.2) is 50.2 Å². The Morgan fingerprint density at radius 1 is 1.13 bits per heavy atom. The minimum absolute atomic E-state index is 0.00145. The largest absolute Gasteiger partial charge is 0.454 e. The molecule has 0 spiro atoms.